The third-order valence-electron chi connectivity index (χ3n) is 17.8. The maximum Gasteiger partial charge on any atom is 0.416 e. The number of ether oxygens (including phenoxy) is 2. The molecular formula is C82H80F10N6O6S2. The van der Waals surface area contributed by atoms with E-state index in [1.807, 2.05) is 9.80 Å². The molecule has 2 aliphatic heterocycles. The Morgan fingerprint density at radius 3 is 1.29 bits per heavy atom. The van der Waals surface area contributed by atoms with Gasteiger partial charge in [0.15, 0.2) is 34.1 Å². The Bertz CT molecular complexity index is 5870. The largest absolute Gasteiger partial charge is 0.416 e. The number of fused-ring (bicyclic) bond motifs is 2. The summed E-state index contributed by atoms with van der Waals surface area (Å²) in [4.78, 5) is 64.2. The molecule has 0 aliphatic carbocycles. The maximum absolute atomic E-state index is 15.1. The van der Waals surface area contributed by atoms with Crippen LogP contribution in [-0.2, 0) is 69.0 Å². The number of hydrogen-bond acceptors (Lipinski definition) is 10. The first kappa shape index (κ1) is 55.4. The monoisotopic (exact) mass is 1520 g/mol. The molecule has 12 nitrogen and oxygen atoms in total. The molecule has 24 heteroatoms. The van der Waals surface area contributed by atoms with Crippen molar-refractivity contribution in [1.82, 2.24) is 28.7 Å². The molecule has 12 rings (SSSR count). The Labute approximate surface area is 644 Å². The number of nitrogens with zero attached hydrogens (tertiary/aromatic N) is 6. The second-order valence-electron chi connectivity index (χ2n) is 24.9. The van der Waals surface area contributed by atoms with Crippen molar-refractivity contribution in [2.75, 3.05) is 66.6 Å². The lowest BCUT2D eigenvalue weighted by molar-refractivity contribution is -0.138. The number of piperidine rings is 2. The van der Waals surface area contributed by atoms with Gasteiger partial charge in [0.25, 0.3) is 0 Å². The van der Waals surface area contributed by atoms with E-state index in [1.54, 1.807) is 48.5 Å². The van der Waals surface area contributed by atoms with Gasteiger partial charge >= 0.3 is 12.4 Å². The van der Waals surface area contributed by atoms with Gasteiger partial charge in [0.1, 0.15) is 13.0 Å². The van der Waals surface area contributed by atoms with E-state index >= 15 is 14.0 Å². The molecule has 0 N–H and O–H groups in total. The fourth-order valence-corrected chi connectivity index (χ4v) is 13.9. The fourth-order valence-electron chi connectivity index (χ4n) is 12.2. The zero-order valence-corrected chi connectivity index (χ0v) is 58.3. The van der Waals surface area contributed by atoms with Crippen LogP contribution in [-0.4, -0.2) is 119 Å². The van der Waals surface area contributed by atoms with Crippen molar-refractivity contribution in [3.63, 3.8) is 0 Å². The Kier molecular flexibility index (Phi) is 18.4. The van der Waals surface area contributed by atoms with Gasteiger partial charge in [-0.25, -0.2) is 17.6 Å². The molecular weight excluding hydrogens is 1420 g/mol. The van der Waals surface area contributed by atoms with Gasteiger partial charge in [0.2, 0.25) is 11.8 Å². The lowest BCUT2D eigenvalue weighted by Crippen LogP contribution is -2.48. The smallest absolute Gasteiger partial charge is 0.383 e. The second-order valence-corrected chi connectivity index (χ2v) is 26.7. The van der Waals surface area contributed by atoms with Crippen molar-refractivity contribution in [1.29, 1.82) is 0 Å². The molecule has 0 spiro atoms. The molecule has 4 heterocycles. The number of aromatic nitrogens is 2. The molecule has 2 fully saturated rings. The van der Waals surface area contributed by atoms with Crippen molar-refractivity contribution >= 4 is 57.1 Å². The lowest BCUT2D eigenvalue weighted by atomic mass is 10.00. The number of alkyl halides is 6. The first-order valence-corrected chi connectivity index (χ1v) is 34.9. The zero-order valence-electron chi connectivity index (χ0n) is 76.7. The number of hydrogen-bond donors (Lipinski definition) is 0. The highest BCUT2D eigenvalue weighted by Gasteiger charge is 2.34. The van der Waals surface area contributed by atoms with Gasteiger partial charge in [-0.05, 0) is 133 Å². The predicted octanol–water partition coefficient (Wildman–Crippen LogP) is 17.4. The van der Waals surface area contributed by atoms with E-state index in [1.165, 1.54) is 60.0 Å². The van der Waals surface area contributed by atoms with Gasteiger partial charge in [-0.3, -0.25) is 19.2 Å². The molecule has 2 aliphatic rings. The number of benzene rings is 8. The Morgan fingerprint density at radius 2 is 0.896 bits per heavy atom. The third kappa shape index (κ3) is 19.6. The van der Waals surface area contributed by atoms with Gasteiger partial charge in [-0.2, -0.15) is 26.3 Å². The minimum absolute atomic E-state index is 0.0998. The van der Waals surface area contributed by atoms with Crippen molar-refractivity contribution in [2.24, 2.45) is 0 Å². The Hall–Kier alpha value is -9.04. The number of rotatable bonds is 24. The van der Waals surface area contributed by atoms with E-state index in [-0.39, 0.29) is 107 Å². The molecule has 106 heavy (non-hydrogen) atoms. The molecule has 2 saturated heterocycles. The Balaban J connectivity index is 0.000000245. The molecule has 0 saturated carbocycles. The number of carbonyl (C=O) groups is 2. The van der Waals surface area contributed by atoms with Crippen LogP contribution in [0.1, 0.15) is 97.6 Å². The van der Waals surface area contributed by atoms with Crippen LogP contribution in [0.2, 0.25) is 0 Å². The molecule has 0 unspecified atom stereocenters. The van der Waals surface area contributed by atoms with Gasteiger partial charge < -0.3 is 38.2 Å². The summed E-state index contributed by atoms with van der Waals surface area (Å²) in [5.41, 5.74) is -6.97. The van der Waals surface area contributed by atoms with Gasteiger partial charge in [-0.1, -0.05) is 120 Å². The van der Waals surface area contributed by atoms with Crippen molar-refractivity contribution in [2.45, 2.75) is 112 Å². The average Bonchev–Trinajstić information content (AvgIpc) is 0.716. The van der Waals surface area contributed by atoms with E-state index in [2.05, 4.69) is 0 Å². The number of thioether (sulfide) groups is 2. The quantitative estimate of drug-likeness (QED) is 0.0428. The summed E-state index contributed by atoms with van der Waals surface area (Å²) in [5, 5.41) is -2.75. The van der Waals surface area contributed by atoms with E-state index < -0.39 is 206 Å². The van der Waals surface area contributed by atoms with Crippen LogP contribution in [0.5, 0.6) is 0 Å². The van der Waals surface area contributed by atoms with E-state index in [9.17, 15) is 54.6 Å². The maximum atomic E-state index is 15.1. The van der Waals surface area contributed by atoms with Crippen molar-refractivity contribution in [3.05, 3.63) is 270 Å². The van der Waals surface area contributed by atoms with Crippen LogP contribution in [0.25, 0.3) is 44.1 Å². The summed E-state index contributed by atoms with van der Waals surface area (Å²) in [6.07, 6.45) is -8.13. The highest BCUT2D eigenvalue weighted by molar-refractivity contribution is 7.98. The molecule has 2 aromatic heterocycles. The normalized spacial score (nSPS) is 17.5. The van der Waals surface area contributed by atoms with Crippen LogP contribution >= 0.6 is 23.5 Å². The highest BCUT2D eigenvalue weighted by Crippen LogP contribution is 2.36. The second kappa shape index (κ2) is 35.1. The molecule has 10 aromatic rings. The minimum Gasteiger partial charge on any atom is -0.383 e. The number of carbonyl (C=O) groups excluding carboxylic acids is 2. The summed E-state index contributed by atoms with van der Waals surface area (Å²) in [6, 6.07) is 20.5. The zero-order chi connectivity index (χ0) is 92.7. The summed E-state index contributed by atoms with van der Waals surface area (Å²) < 4.78 is 319. The van der Waals surface area contributed by atoms with Crippen LogP contribution in [0.15, 0.2) is 201 Å². The Morgan fingerprint density at radius 1 is 0.519 bits per heavy atom. The topological polar surface area (TPSA) is 110 Å². The number of amides is 2. The first-order valence-electron chi connectivity index (χ1n) is 43.1. The lowest BCUT2D eigenvalue weighted by Gasteiger charge is -2.39. The SMILES string of the molecule is [2H]c1c(C)c([2H])c2c(=O)c([2H])c(SC([2H])([2H])c3cccc(F)c3F)n(C([2H])([2H])C(=O)N(Cc3ccc(-c4ccc(C(F)(F)F)cc4)cc3)C3CCN(CCOC([2H])([2H])[2H])CC3)c2c1[2H].[2H]c1c(C)c([2H])c2c(=O)c([2H])c(SCc3cccc(F)c3F)n(C([2H])([2H])C(=O)N(Cc3ccc(-c4ccc(C(F)(F)F)cc4)cc3)C3CCN(CCOC([2H])([2H])[2H])CC3)c2c1[2H]. The highest BCUT2D eigenvalue weighted by atomic mass is 32.2. The van der Waals surface area contributed by atoms with Gasteiger partial charge in [0, 0.05) is 127 Å². The standard InChI is InChI=1S/2C41H40F5N3O3S/c2*1-27-6-15-36-34(22-27)37(50)23-39(53-26-31-4-3-5-35(42)40(31)43)49(36)25-38(51)48(33-16-18-47(19-17-33)20-21-52-2)24-28-7-9-29(10-8-28)30-11-13-32(14-12-30)41(44,45)46/h2*3-15,22-23,33H,16-21,24-26H2,1-2H3/i2D3,6D,15D,22D,23D,25D2,26D2;2D3,6D,15D,22D,23D,25D2. The molecule has 8 aromatic carbocycles. The van der Waals surface area contributed by atoms with Crippen LogP contribution in [0.4, 0.5) is 43.9 Å². The summed E-state index contributed by atoms with van der Waals surface area (Å²) >= 11 is 0.441. The first-order chi connectivity index (χ1) is 58.7. The number of methoxy groups -OCH3 is 2. The minimum atomic E-state index is -4.55. The third-order valence-corrected chi connectivity index (χ3v) is 19.7. The number of likely N-dealkylation sites (tertiary alicyclic amines) is 2. The molecule has 0 radical (unpaired) electrons. The predicted molar refractivity (Wildman–Crippen MR) is 395 cm³/mol. The van der Waals surface area contributed by atoms with Crippen molar-refractivity contribution in [3.8, 4) is 22.3 Å². The number of halogens is 10. The average molecular weight is 1520 g/mol. The van der Waals surface area contributed by atoms with Crippen LogP contribution in [0, 0.1) is 37.1 Å². The van der Waals surface area contributed by atoms with E-state index in [4.69, 9.17) is 31.4 Å². The molecule has 2 amide bonds. The molecule has 0 bridgehead atoms. The summed E-state index contributed by atoms with van der Waals surface area (Å²) in [6.45, 7) is -3.19. The van der Waals surface area contributed by atoms with Crippen LogP contribution in [0.3, 0.4) is 0 Å². The summed E-state index contributed by atoms with van der Waals surface area (Å²) in [5.74, 6) is -8.45. The summed E-state index contributed by atoms with van der Waals surface area (Å²) in [7, 11) is -5.22. The van der Waals surface area contributed by atoms with Gasteiger partial charge in [-0.15, -0.1) is 23.5 Å². The van der Waals surface area contributed by atoms with Crippen LogP contribution < -0.4 is 10.9 Å². The molecule has 556 valence electrons. The van der Waals surface area contributed by atoms with E-state index in [0.29, 0.717) is 67.4 Å². The van der Waals surface area contributed by atoms with Crippen molar-refractivity contribution < 1.29 is 90.4 Å². The fraction of sp³-hybridized carbons (Fsp3) is 0.317. The van der Waals surface area contributed by atoms with Gasteiger partial charge in [0.05, 0.1) is 70.1 Å². The number of pyridine rings is 2. The van der Waals surface area contributed by atoms with E-state index in [0.717, 1.165) is 48.5 Å². The molecule has 0 atom stereocenters.